The Bertz CT molecular complexity index is 2470. The Hall–Kier alpha value is -5.47. The summed E-state index contributed by atoms with van der Waals surface area (Å²) in [6, 6.07) is 12.3. The zero-order chi connectivity index (χ0) is 42.9. The highest BCUT2D eigenvalue weighted by Crippen LogP contribution is 2.44. The van der Waals surface area contributed by atoms with Crippen molar-refractivity contribution in [1.29, 1.82) is 0 Å². The summed E-state index contributed by atoms with van der Waals surface area (Å²) in [6.45, 7) is 11.8. The first kappa shape index (κ1) is 40.6. The number of carbonyl (C=O) groups is 3. The number of rotatable bonds is 10. The summed E-state index contributed by atoms with van der Waals surface area (Å²) in [4.78, 5) is 67.0. The molecular weight excluding hydrogens is 785 g/mol. The van der Waals surface area contributed by atoms with Crippen LogP contribution >= 0.6 is 0 Å². The molecular formula is C48H58N8O6. The van der Waals surface area contributed by atoms with Gasteiger partial charge in [-0.15, -0.1) is 0 Å². The normalized spacial score (nSPS) is 23.1. The van der Waals surface area contributed by atoms with Crippen molar-refractivity contribution in [2.24, 2.45) is 18.4 Å². The minimum absolute atomic E-state index is 0.0657. The Labute approximate surface area is 362 Å². The molecule has 5 fully saturated rings. The number of likely N-dealkylation sites (tertiary alicyclic amines) is 2. The maximum atomic E-state index is 13.4. The molecule has 1 unspecified atom stereocenters. The number of imide groups is 1. The van der Waals surface area contributed by atoms with Crippen molar-refractivity contribution in [3.8, 4) is 22.6 Å². The third-order valence-corrected chi connectivity index (χ3v) is 15.0. The average Bonchev–Trinajstić information content (AvgIpc) is 3.59. The van der Waals surface area contributed by atoms with E-state index in [-0.39, 0.29) is 29.7 Å². The number of fused-ring (bicyclic) bond motifs is 2. The van der Waals surface area contributed by atoms with Gasteiger partial charge in [0.2, 0.25) is 11.8 Å². The third-order valence-electron chi connectivity index (χ3n) is 15.0. The summed E-state index contributed by atoms with van der Waals surface area (Å²) >= 11 is 0. The van der Waals surface area contributed by atoms with E-state index < -0.39 is 6.04 Å². The number of carbonyl (C=O) groups excluding carboxylic acids is 3. The molecule has 2 aromatic carbocycles. The second kappa shape index (κ2) is 16.0. The van der Waals surface area contributed by atoms with E-state index in [0.29, 0.717) is 41.3 Å². The van der Waals surface area contributed by atoms with Gasteiger partial charge in [-0.05, 0) is 119 Å². The number of nitrogens with zero attached hydrogens (tertiary/aromatic N) is 7. The minimum Gasteiger partial charge on any atom is -0.496 e. The summed E-state index contributed by atoms with van der Waals surface area (Å²) in [7, 11) is 5.23. The predicted octanol–water partition coefficient (Wildman–Crippen LogP) is 4.79. The zero-order valence-electron chi connectivity index (χ0n) is 36.5. The summed E-state index contributed by atoms with van der Waals surface area (Å²) in [5.41, 5.74) is 5.89. The molecule has 3 amide bonds. The number of amides is 3. The Kier molecular flexibility index (Phi) is 10.5. The van der Waals surface area contributed by atoms with Crippen LogP contribution in [0, 0.1) is 11.3 Å². The quantitative estimate of drug-likeness (QED) is 0.221. The van der Waals surface area contributed by atoms with Crippen LogP contribution in [0.2, 0.25) is 0 Å². The first-order chi connectivity index (χ1) is 30.0. The van der Waals surface area contributed by atoms with E-state index >= 15 is 0 Å². The molecule has 14 nitrogen and oxygen atoms in total. The number of aryl methyl sites for hydroxylation is 1. The van der Waals surface area contributed by atoms with E-state index in [9.17, 15) is 19.2 Å². The maximum absolute atomic E-state index is 13.4. The Balaban J connectivity index is 0.730. The number of nitrogens with one attached hydrogen (secondary N) is 1. The number of piperidine rings is 3. The molecule has 6 aliphatic heterocycles. The molecule has 2 atom stereocenters. The van der Waals surface area contributed by atoms with Crippen LogP contribution in [0.3, 0.4) is 0 Å². The van der Waals surface area contributed by atoms with Crippen LogP contribution in [0.25, 0.3) is 21.9 Å². The number of pyridine rings is 2. The number of benzene rings is 2. The Morgan fingerprint density at radius 3 is 2.23 bits per heavy atom. The highest BCUT2D eigenvalue weighted by atomic mass is 16.5. The van der Waals surface area contributed by atoms with E-state index in [1.165, 1.54) is 12.8 Å². The lowest BCUT2D eigenvalue weighted by molar-refractivity contribution is -0.136. The van der Waals surface area contributed by atoms with Gasteiger partial charge in [-0.2, -0.15) is 0 Å². The summed E-state index contributed by atoms with van der Waals surface area (Å²) in [5, 5.41) is 3.87. The highest BCUT2D eigenvalue weighted by Gasteiger charge is 2.46. The van der Waals surface area contributed by atoms with Crippen LogP contribution in [-0.2, 0) is 29.7 Å². The number of aromatic nitrogens is 2. The van der Waals surface area contributed by atoms with Crippen LogP contribution in [0.4, 0.5) is 11.5 Å². The maximum Gasteiger partial charge on any atom is 0.259 e. The number of ether oxygens (including phenoxy) is 2. The minimum atomic E-state index is -0.590. The van der Waals surface area contributed by atoms with Crippen molar-refractivity contribution in [3.05, 3.63) is 75.8 Å². The number of hydrogen-bond acceptors (Lipinski definition) is 11. The van der Waals surface area contributed by atoms with Crippen molar-refractivity contribution >= 4 is 40.0 Å². The van der Waals surface area contributed by atoms with Crippen LogP contribution in [0.15, 0.2) is 53.6 Å². The van der Waals surface area contributed by atoms with Crippen molar-refractivity contribution in [2.75, 3.05) is 76.4 Å². The highest BCUT2D eigenvalue weighted by molar-refractivity contribution is 6.05. The standard InChI is InChI=1S/C48H58N8O6/c1-30-9-16-55(30)43-22-36-37(23-49-43)46(59)51(2)26-38(36)33-19-41(61-3)39(42(20-33)62-4)27-52-14-10-31(11-15-52)24-53-17-12-48(13-18-53)28-54(29-48)34-6-5-32-25-56(47(60)35(32)21-34)40-7-8-44(57)50-45(40)58/h5-6,19-23,26,30-31,40H,7-18,24-25,27-29H2,1-4H3,(H,50,57,58)/t30-,40?/m1/s1. The van der Waals surface area contributed by atoms with E-state index in [4.69, 9.17) is 9.47 Å². The molecule has 5 saturated heterocycles. The average molecular weight is 843 g/mol. The van der Waals surface area contributed by atoms with Crippen LogP contribution in [0.1, 0.15) is 73.4 Å². The van der Waals surface area contributed by atoms with Crippen LogP contribution < -0.4 is 30.1 Å². The third kappa shape index (κ3) is 7.28. The second-order valence-corrected chi connectivity index (χ2v) is 18.9. The summed E-state index contributed by atoms with van der Waals surface area (Å²) in [5.74, 6) is 2.38. The second-order valence-electron chi connectivity index (χ2n) is 18.9. The molecule has 0 radical (unpaired) electrons. The molecule has 0 bridgehead atoms. The first-order valence-electron chi connectivity index (χ1n) is 22.5. The Morgan fingerprint density at radius 1 is 0.823 bits per heavy atom. The fourth-order valence-corrected chi connectivity index (χ4v) is 11.0. The molecule has 1 spiro atoms. The van der Waals surface area contributed by atoms with Gasteiger partial charge >= 0.3 is 0 Å². The molecule has 0 saturated carbocycles. The molecule has 6 aliphatic rings. The zero-order valence-corrected chi connectivity index (χ0v) is 36.5. The SMILES string of the molecule is COc1cc(-c2cn(C)c(=O)c3cnc(N4CC[C@H]4C)cc23)cc(OC)c1CN1CCC(CN2CCC3(CC2)CN(c2ccc4c(c2)C(=O)N(C2CCC(=O)NC2=O)C4)C3)CC1. The molecule has 8 heterocycles. The lowest BCUT2D eigenvalue weighted by Crippen LogP contribution is -2.60. The van der Waals surface area contributed by atoms with Gasteiger partial charge in [0, 0.05) is 98.8 Å². The molecule has 0 aliphatic carbocycles. The van der Waals surface area contributed by atoms with E-state index in [2.05, 4.69) is 61.1 Å². The lowest BCUT2D eigenvalue weighted by Gasteiger charge is -2.55. The number of anilines is 2. The fourth-order valence-electron chi connectivity index (χ4n) is 11.0. The van der Waals surface area contributed by atoms with Crippen molar-refractivity contribution < 1.29 is 23.9 Å². The van der Waals surface area contributed by atoms with Gasteiger partial charge in [0.25, 0.3) is 11.5 Å². The van der Waals surface area contributed by atoms with Gasteiger partial charge in [-0.25, -0.2) is 4.98 Å². The molecule has 1 N–H and O–H groups in total. The molecule has 10 rings (SSSR count). The Morgan fingerprint density at radius 2 is 1.56 bits per heavy atom. The largest absolute Gasteiger partial charge is 0.496 e. The summed E-state index contributed by atoms with van der Waals surface area (Å²) < 4.78 is 13.7. The van der Waals surface area contributed by atoms with E-state index in [1.807, 2.05) is 18.3 Å². The van der Waals surface area contributed by atoms with Gasteiger partial charge in [0.15, 0.2) is 0 Å². The lowest BCUT2D eigenvalue weighted by atomic mass is 9.71. The van der Waals surface area contributed by atoms with E-state index in [1.54, 1.807) is 36.9 Å². The van der Waals surface area contributed by atoms with Crippen molar-refractivity contribution in [2.45, 2.75) is 77.0 Å². The molecule has 14 heteroatoms. The molecule has 4 aromatic rings. The van der Waals surface area contributed by atoms with E-state index in [0.717, 1.165) is 129 Å². The fraction of sp³-hybridized carbons (Fsp3) is 0.521. The van der Waals surface area contributed by atoms with Gasteiger partial charge in [-0.1, -0.05) is 6.07 Å². The molecule has 326 valence electrons. The van der Waals surface area contributed by atoms with Gasteiger partial charge in [0.05, 0.1) is 25.2 Å². The van der Waals surface area contributed by atoms with Gasteiger partial charge in [0.1, 0.15) is 23.4 Å². The summed E-state index contributed by atoms with van der Waals surface area (Å²) in [6.07, 6.45) is 10.1. The van der Waals surface area contributed by atoms with Crippen LogP contribution in [-0.4, -0.2) is 121 Å². The smallest absolute Gasteiger partial charge is 0.259 e. The topological polar surface area (TPSA) is 133 Å². The van der Waals surface area contributed by atoms with Gasteiger partial charge in [-0.3, -0.25) is 29.4 Å². The van der Waals surface area contributed by atoms with Crippen molar-refractivity contribution in [1.82, 2.24) is 29.6 Å². The monoisotopic (exact) mass is 842 g/mol. The molecule has 2 aromatic heterocycles. The van der Waals surface area contributed by atoms with Gasteiger partial charge < -0.3 is 33.6 Å². The predicted molar refractivity (Wildman–Crippen MR) is 238 cm³/mol. The first-order valence-corrected chi connectivity index (χ1v) is 22.5. The number of methoxy groups -OCH3 is 2. The van der Waals surface area contributed by atoms with Crippen molar-refractivity contribution in [3.63, 3.8) is 0 Å². The molecule has 62 heavy (non-hydrogen) atoms. The van der Waals surface area contributed by atoms with Crippen LogP contribution in [0.5, 0.6) is 11.5 Å². The number of hydrogen-bond donors (Lipinski definition) is 1.